The fourth-order valence-electron chi connectivity index (χ4n) is 4.46. The van der Waals surface area contributed by atoms with Crippen LogP contribution in [0.1, 0.15) is 37.0 Å². The molecule has 1 atom stereocenters. The molecule has 5 rings (SSSR count). The molecule has 0 unspecified atom stereocenters. The lowest BCUT2D eigenvalue weighted by atomic mass is 9.76. The van der Waals surface area contributed by atoms with Crippen LogP contribution in [0.3, 0.4) is 0 Å². The summed E-state index contributed by atoms with van der Waals surface area (Å²) < 4.78 is 11.7. The Bertz CT molecular complexity index is 904. The van der Waals surface area contributed by atoms with Crippen LogP contribution in [-0.2, 0) is 16.6 Å². The summed E-state index contributed by atoms with van der Waals surface area (Å²) in [6.45, 7) is 6.22. The summed E-state index contributed by atoms with van der Waals surface area (Å²) in [5, 5.41) is 0. The minimum atomic E-state index is -0.708. The Hall–Kier alpha value is -2.49. The van der Waals surface area contributed by atoms with E-state index in [9.17, 15) is 4.79 Å². The van der Waals surface area contributed by atoms with Gasteiger partial charge in [0.1, 0.15) is 23.5 Å². The summed E-state index contributed by atoms with van der Waals surface area (Å²) in [6, 6.07) is 12.3. The highest BCUT2D eigenvalue weighted by atomic mass is 16.5. The molecule has 134 valence electrons. The quantitative estimate of drug-likeness (QED) is 0.848. The lowest BCUT2D eigenvalue weighted by Crippen LogP contribution is -2.43. The van der Waals surface area contributed by atoms with Gasteiger partial charge in [-0.15, -0.1) is 0 Å². The number of anilines is 1. The molecule has 0 fully saturated rings. The van der Waals surface area contributed by atoms with Crippen molar-refractivity contribution in [2.24, 2.45) is 5.92 Å². The molecule has 4 heteroatoms. The van der Waals surface area contributed by atoms with Crippen LogP contribution >= 0.6 is 0 Å². The molecule has 2 aromatic rings. The average Bonchev–Trinajstić information content (AvgIpc) is 3.29. The number of hydrogen-bond acceptors (Lipinski definition) is 3. The number of hydrogen-bond donors (Lipinski definition) is 0. The van der Waals surface area contributed by atoms with Crippen LogP contribution in [0, 0.1) is 5.92 Å². The maximum Gasteiger partial charge on any atom is 0.245 e. The number of rotatable bonds is 3. The standard InChI is InChI=1S/C22H23NO3/c1-14(2)7-9-23-18-6-4-3-5-16(18)22(21(23)24)13-26-20-12-19-15(8-10-25-19)11-17(20)22/h3-6,11-12,14H,7-10,13H2,1-2H3/t22-/m1/s1. The van der Waals surface area contributed by atoms with E-state index in [-0.39, 0.29) is 5.91 Å². The van der Waals surface area contributed by atoms with Gasteiger partial charge in [0.05, 0.1) is 6.61 Å². The molecule has 0 bridgehead atoms. The van der Waals surface area contributed by atoms with E-state index in [1.165, 1.54) is 5.56 Å². The number of ether oxygens (including phenoxy) is 2. The van der Waals surface area contributed by atoms with Gasteiger partial charge in [-0.1, -0.05) is 32.0 Å². The van der Waals surface area contributed by atoms with Crippen LogP contribution in [0.15, 0.2) is 36.4 Å². The number of para-hydroxylation sites is 1. The molecule has 0 N–H and O–H groups in total. The van der Waals surface area contributed by atoms with E-state index in [1.807, 2.05) is 23.1 Å². The van der Waals surface area contributed by atoms with Crippen LogP contribution in [0.25, 0.3) is 0 Å². The van der Waals surface area contributed by atoms with Gasteiger partial charge >= 0.3 is 0 Å². The number of benzene rings is 2. The molecule has 4 nitrogen and oxygen atoms in total. The number of amides is 1. The Morgan fingerprint density at radius 1 is 1.12 bits per heavy atom. The third-order valence-electron chi connectivity index (χ3n) is 5.89. The predicted molar refractivity (Wildman–Crippen MR) is 100 cm³/mol. The molecule has 1 amide bonds. The maximum atomic E-state index is 13.7. The molecule has 3 aliphatic rings. The van der Waals surface area contributed by atoms with Gasteiger partial charge in [0.15, 0.2) is 0 Å². The van der Waals surface area contributed by atoms with E-state index < -0.39 is 5.41 Å². The monoisotopic (exact) mass is 349 g/mol. The Kier molecular flexibility index (Phi) is 3.33. The van der Waals surface area contributed by atoms with Gasteiger partial charge in [-0.25, -0.2) is 0 Å². The highest BCUT2D eigenvalue weighted by Crippen LogP contribution is 2.53. The van der Waals surface area contributed by atoms with Crippen molar-refractivity contribution in [1.82, 2.24) is 0 Å². The predicted octanol–water partition coefficient (Wildman–Crippen LogP) is 3.69. The zero-order valence-corrected chi connectivity index (χ0v) is 15.2. The molecule has 2 aromatic carbocycles. The summed E-state index contributed by atoms with van der Waals surface area (Å²) in [7, 11) is 0. The first-order valence-electron chi connectivity index (χ1n) is 9.46. The van der Waals surface area contributed by atoms with Crippen LogP contribution < -0.4 is 14.4 Å². The molecular formula is C22H23NO3. The normalized spacial score (nSPS) is 22.4. The molecule has 1 spiro atoms. The van der Waals surface area contributed by atoms with E-state index in [0.29, 0.717) is 19.1 Å². The highest BCUT2D eigenvalue weighted by Gasteiger charge is 2.57. The molecule has 0 saturated carbocycles. The van der Waals surface area contributed by atoms with Crippen molar-refractivity contribution >= 4 is 11.6 Å². The molecule has 0 aliphatic carbocycles. The molecule has 3 heterocycles. The second-order valence-electron chi connectivity index (χ2n) is 7.91. The first-order chi connectivity index (χ1) is 12.6. The topological polar surface area (TPSA) is 38.8 Å². The largest absolute Gasteiger partial charge is 0.493 e. The Morgan fingerprint density at radius 2 is 1.96 bits per heavy atom. The van der Waals surface area contributed by atoms with Crippen molar-refractivity contribution < 1.29 is 14.3 Å². The second kappa shape index (κ2) is 5.50. The van der Waals surface area contributed by atoms with Gasteiger partial charge in [0, 0.05) is 30.3 Å². The van der Waals surface area contributed by atoms with Crippen molar-refractivity contribution in [3.05, 3.63) is 53.1 Å². The summed E-state index contributed by atoms with van der Waals surface area (Å²) in [6.07, 6.45) is 1.88. The van der Waals surface area contributed by atoms with E-state index in [0.717, 1.165) is 47.7 Å². The average molecular weight is 349 g/mol. The molecule has 26 heavy (non-hydrogen) atoms. The van der Waals surface area contributed by atoms with Crippen molar-refractivity contribution in [2.75, 3.05) is 24.7 Å². The Morgan fingerprint density at radius 3 is 2.81 bits per heavy atom. The van der Waals surface area contributed by atoms with Gasteiger partial charge < -0.3 is 14.4 Å². The van der Waals surface area contributed by atoms with E-state index in [1.54, 1.807) is 0 Å². The van der Waals surface area contributed by atoms with Crippen molar-refractivity contribution in [1.29, 1.82) is 0 Å². The Labute approximate surface area is 153 Å². The van der Waals surface area contributed by atoms with Gasteiger partial charge in [-0.05, 0) is 35.6 Å². The van der Waals surface area contributed by atoms with Crippen LogP contribution in [-0.4, -0.2) is 25.7 Å². The molecule has 0 saturated heterocycles. The minimum absolute atomic E-state index is 0.150. The fraction of sp³-hybridized carbons (Fsp3) is 0.409. The lowest BCUT2D eigenvalue weighted by Gasteiger charge is -2.23. The number of nitrogens with zero attached hydrogens (tertiary/aromatic N) is 1. The summed E-state index contributed by atoms with van der Waals surface area (Å²) >= 11 is 0. The third kappa shape index (κ3) is 1.99. The summed E-state index contributed by atoms with van der Waals surface area (Å²) in [5.41, 5.74) is 3.59. The number of fused-ring (bicyclic) bond motifs is 5. The molecule has 0 radical (unpaired) electrons. The van der Waals surface area contributed by atoms with Gasteiger partial charge in [-0.2, -0.15) is 0 Å². The third-order valence-corrected chi connectivity index (χ3v) is 5.89. The first-order valence-corrected chi connectivity index (χ1v) is 9.46. The number of carbonyl (C=O) groups is 1. The van der Waals surface area contributed by atoms with E-state index >= 15 is 0 Å². The fourth-order valence-corrected chi connectivity index (χ4v) is 4.46. The van der Waals surface area contributed by atoms with Crippen LogP contribution in [0.5, 0.6) is 11.5 Å². The molecule has 3 aliphatic heterocycles. The van der Waals surface area contributed by atoms with Gasteiger partial charge in [0.25, 0.3) is 0 Å². The second-order valence-corrected chi connectivity index (χ2v) is 7.91. The van der Waals surface area contributed by atoms with Crippen molar-refractivity contribution in [3.63, 3.8) is 0 Å². The smallest absolute Gasteiger partial charge is 0.245 e. The Balaban J connectivity index is 1.66. The SMILES string of the molecule is CC(C)CCN1C(=O)[C@]2(COc3cc4c(cc32)CCO4)c2ccccc21. The van der Waals surface area contributed by atoms with Crippen LogP contribution in [0.4, 0.5) is 5.69 Å². The van der Waals surface area contributed by atoms with Gasteiger partial charge in [0.2, 0.25) is 5.91 Å². The summed E-state index contributed by atoms with van der Waals surface area (Å²) in [5.74, 6) is 2.40. The van der Waals surface area contributed by atoms with E-state index in [2.05, 4.69) is 32.0 Å². The van der Waals surface area contributed by atoms with E-state index in [4.69, 9.17) is 9.47 Å². The first kappa shape index (κ1) is 15.7. The van der Waals surface area contributed by atoms with Crippen molar-refractivity contribution in [3.8, 4) is 11.5 Å². The summed E-state index contributed by atoms with van der Waals surface area (Å²) in [4.78, 5) is 15.6. The molecular weight excluding hydrogens is 326 g/mol. The lowest BCUT2D eigenvalue weighted by molar-refractivity contribution is -0.122. The van der Waals surface area contributed by atoms with Gasteiger partial charge in [-0.3, -0.25) is 4.79 Å². The highest BCUT2D eigenvalue weighted by molar-refractivity contribution is 6.11. The molecule has 0 aromatic heterocycles. The van der Waals surface area contributed by atoms with Crippen molar-refractivity contribution in [2.45, 2.75) is 32.1 Å². The zero-order valence-electron chi connectivity index (χ0n) is 15.2. The maximum absolute atomic E-state index is 13.7. The number of carbonyl (C=O) groups excluding carboxylic acids is 1. The zero-order chi connectivity index (χ0) is 17.9. The van der Waals surface area contributed by atoms with Crippen LogP contribution in [0.2, 0.25) is 0 Å². The minimum Gasteiger partial charge on any atom is -0.493 e.